The number of aromatic amines is 1. The fraction of sp³-hybridized carbons (Fsp3) is 0.370. The van der Waals surface area contributed by atoms with Crippen LogP contribution in [0.15, 0.2) is 42.5 Å². The summed E-state index contributed by atoms with van der Waals surface area (Å²) in [6, 6.07) is 13.2. The molecular weight excluding hydrogens is 494 g/mol. The molecule has 0 aliphatic carbocycles. The van der Waals surface area contributed by atoms with Crippen LogP contribution in [0.1, 0.15) is 41.9 Å². The van der Waals surface area contributed by atoms with Crippen molar-refractivity contribution >= 4 is 34.3 Å². The Morgan fingerprint density at radius 3 is 2.92 bits per heavy atom. The molecule has 9 nitrogen and oxygen atoms in total. The quantitative estimate of drug-likeness (QED) is 0.378. The predicted octanol–water partition coefficient (Wildman–Crippen LogP) is 2.95. The number of hydrogen-bond donors (Lipinski definition) is 4. The van der Waals surface area contributed by atoms with Gasteiger partial charge in [-0.2, -0.15) is 5.26 Å². The van der Waals surface area contributed by atoms with E-state index < -0.39 is 24.2 Å². The van der Waals surface area contributed by atoms with E-state index in [4.69, 9.17) is 16.3 Å². The fourth-order valence-corrected chi connectivity index (χ4v) is 5.56. The summed E-state index contributed by atoms with van der Waals surface area (Å²) in [5.74, 6) is -0.155. The van der Waals surface area contributed by atoms with Gasteiger partial charge in [0, 0.05) is 34.9 Å². The van der Waals surface area contributed by atoms with Gasteiger partial charge in [-0.05, 0) is 60.7 Å². The number of fused-ring (bicyclic) bond motifs is 2. The maximum atomic E-state index is 13.7. The number of methoxy groups -OCH3 is 1. The number of carbonyl (C=O) groups is 2. The van der Waals surface area contributed by atoms with Crippen LogP contribution in [0.5, 0.6) is 5.75 Å². The number of benzene rings is 2. The minimum atomic E-state index is -1.13. The number of carbonyl (C=O) groups excluding carboxylic acids is 2. The summed E-state index contributed by atoms with van der Waals surface area (Å²) in [5.41, 5.74) is 2.96. The van der Waals surface area contributed by atoms with Crippen molar-refractivity contribution in [3.8, 4) is 11.8 Å². The molecule has 0 bridgehead atoms. The van der Waals surface area contributed by atoms with Gasteiger partial charge in [-0.15, -0.1) is 0 Å². The van der Waals surface area contributed by atoms with Crippen LogP contribution in [-0.4, -0.2) is 53.0 Å². The summed E-state index contributed by atoms with van der Waals surface area (Å²) in [6.07, 6.45) is 0.327. The highest BCUT2D eigenvalue weighted by molar-refractivity contribution is 6.30. The van der Waals surface area contributed by atoms with Gasteiger partial charge in [0.25, 0.3) is 0 Å². The molecule has 3 heterocycles. The molecule has 0 radical (unpaired) electrons. The molecule has 5 rings (SSSR count). The second kappa shape index (κ2) is 10.4. The SMILES string of the molecule is COc1cccc2[nH]c(C(O)N3CCc4cc(Cl)ccc4C3C(=O)N[C@H](C#N)C[C@@H]3CCNC3=O)cc12. The zero-order chi connectivity index (χ0) is 26.1. The molecule has 2 unspecified atom stereocenters. The minimum absolute atomic E-state index is 0.0987. The highest BCUT2D eigenvalue weighted by atomic mass is 35.5. The lowest BCUT2D eigenvalue weighted by molar-refractivity contribution is -0.134. The van der Waals surface area contributed by atoms with Gasteiger partial charge >= 0.3 is 0 Å². The largest absolute Gasteiger partial charge is 0.496 e. The fourth-order valence-electron chi connectivity index (χ4n) is 5.36. The van der Waals surface area contributed by atoms with Crippen LogP contribution in [0, 0.1) is 17.2 Å². The number of aliphatic hydroxyl groups excluding tert-OH is 1. The maximum absolute atomic E-state index is 13.7. The van der Waals surface area contributed by atoms with E-state index in [2.05, 4.69) is 21.7 Å². The zero-order valence-electron chi connectivity index (χ0n) is 20.3. The van der Waals surface area contributed by atoms with Crippen LogP contribution in [0.3, 0.4) is 0 Å². The molecule has 2 aliphatic rings. The van der Waals surface area contributed by atoms with Crippen molar-refractivity contribution in [2.75, 3.05) is 20.2 Å². The lowest BCUT2D eigenvalue weighted by Gasteiger charge is -2.39. The molecule has 3 aromatic rings. The highest BCUT2D eigenvalue weighted by Crippen LogP contribution is 2.38. The lowest BCUT2D eigenvalue weighted by atomic mass is 9.91. The summed E-state index contributed by atoms with van der Waals surface area (Å²) in [5, 5.41) is 28.2. The monoisotopic (exact) mass is 521 g/mol. The van der Waals surface area contributed by atoms with Crippen LogP contribution < -0.4 is 15.4 Å². The first kappa shape index (κ1) is 25.1. The summed E-state index contributed by atoms with van der Waals surface area (Å²) >= 11 is 6.23. The van der Waals surface area contributed by atoms with Gasteiger partial charge in [-0.3, -0.25) is 14.5 Å². The number of H-pyrrole nitrogens is 1. The number of rotatable bonds is 7. The molecule has 10 heteroatoms. The summed E-state index contributed by atoms with van der Waals surface area (Å²) in [4.78, 5) is 30.7. The first-order chi connectivity index (χ1) is 17.9. The van der Waals surface area contributed by atoms with E-state index in [1.54, 1.807) is 24.1 Å². The topological polar surface area (TPSA) is 130 Å². The van der Waals surface area contributed by atoms with Crippen molar-refractivity contribution in [2.24, 2.45) is 5.92 Å². The molecule has 4 N–H and O–H groups in total. The van der Waals surface area contributed by atoms with E-state index in [9.17, 15) is 20.0 Å². The number of hydrogen-bond acceptors (Lipinski definition) is 6. The highest BCUT2D eigenvalue weighted by Gasteiger charge is 2.39. The van der Waals surface area contributed by atoms with E-state index in [0.717, 1.165) is 22.0 Å². The Kier molecular flexibility index (Phi) is 7.07. The van der Waals surface area contributed by atoms with E-state index in [1.165, 1.54) is 0 Å². The van der Waals surface area contributed by atoms with E-state index in [0.29, 0.717) is 42.4 Å². The predicted molar refractivity (Wildman–Crippen MR) is 138 cm³/mol. The van der Waals surface area contributed by atoms with Crippen molar-refractivity contribution in [3.63, 3.8) is 0 Å². The number of aromatic nitrogens is 1. The van der Waals surface area contributed by atoms with Crippen LogP contribution in [0.2, 0.25) is 5.02 Å². The van der Waals surface area contributed by atoms with Gasteiger partial charge in [-0.25, -0.2) is 0 Å². The van der Waals surface area contributed by atoms with Crippen molar-refractivity contribution in [1.29, 1.82) is 5.26 Å². The van der Waals surface area contributed by atoms with Crippen LogP contribution in [0.4, 0.5) is 0 Å². The van der Waals surface area contributed by atoms with Gasteiger partial charge in [0.2, 0.25) is 11.8 Å². The Morgan fingerprint density at radius 2 is 2.19 bits per heavy atom. The number of aliphatic hydroxyl groups is 1. The number of amides is 2. The van der Waals surface area contributed by atoms with Crippen molar-refractivity contribution in [2.45, 2.75) is 37.6 Å². The third-order valence-electron chi connectivity index (χ3n) is 7.23. The van der Waals surface area contributed by atoms with Crippen LogP contribution in [-0.2, 0) is 16.0 Å². The van der Waals surface area contributed by atoms with Gasteiger partial charge in [0.1, 0.15) is 24.1 Å². The minimum Gasteiger partial charge on any atom is -0.496 e. The van der Waals surface area contributed by atoms with Gasteiger partial charge in [-0.1, -0.05) is 23.7 Å². The molecule has 37 heavy (non-hydrogen) atoms. The number of nitrogens with zero attached hydrogens (tertiary/aromatic N) is 2. The third-order valence-corrected chi connectivity index (χ3v) is 7.47. The van der Waals surface area contributed by atoms with Gasteiger partial charge in [0.15, 0.2) is 0 Å². The molecule has 2 aliphatic heterocycles. The Bertz CT molecular complexity index is 1380. The van der Waals surface area contributed by atoms with E-state index in [-0.39, 0.29) is 18.2 Å². The summed E-state index contributed by atoms with van der Waals surface area (Å²) in [7, 11) is 1.59. The Labute approximate surface area is 219 Å². The van der Waals surface area contributed by atoms with Crippen molar-refractivity contribution in [1.82, 2.24) is 20.5 Å². The molecule has 2 amide bonds. The number of halogens is 1. The smallest absolute Gasteiger partial charge is 0.243 e. The van der Waals surface area contributed by atoms with Gasteiger partial charge in [0.05, 0.1) is 18.9 Å². The zero-order valence-corrected chi connectivity index (χ0v) is 21.1. The Hall–Kier alpha value is -3.58. The molecule has 1 aromatic heterocycles. The summed E-state index contributed by atoms with van der Waals surface area (Å²) < 4.78 is 5.45. The first-order valence-corrected chi connectivity index (χ1v) is 12.6. The molecule has 1 saturated heterocycles. The average molecular weight is 522 g/mol. The molecule has 1 fully saturated rings. The second-order valence-electron chi connectivity index (χ2n) is 9.46. The number of nitrogens with one attached hydrogen (secondary N) is 3. The number of nitriles is 1. The lowest BCUT2D eigenvalue weighted by Crippen LogP contribution is -2.48. The van der Waals surface area contributed by atoms with Crippen LogP contribution >= 0.6 is 11.6 Å². The number of ether oxygens (including phenoxy) is 1. The first-order valence-electron chi connectivity index (χ1n) is 12.2. The summed E-state index contributed by atoms with van der Waals surface area (Å²) in [6.45, 7) is 0.961. The average Bonchev–Trinajstić information content (AvgIpc) is 3.52. The second-order valence-corrected chi connectivity index (χ2v) is 9.89. The standard InChI is InChI=1S/C27H28ClN5O4/c1-37-23-4-2-3-21-20(23)13-22(32-21)27(36)33-10-8-15-11-17(28)5-6-19(15)24(33)26(35)31-18(14-29)12-16-7-9-30-25(16)34/h2-6,11,13,16,18,24,27,32,36H,7-10,12H2,1H3,(H,30,34)(H,31,35)/t16-,18-,24?,27?/m0/s1. The molecule has 2 aromatic carbocycles. The van der Waals surface area contributed by atoms with Gasteiger partial charge < -0.3 is 25.5 Å². The molecule has 192 valence electrons. The van der Waals surface area contributed by atoms with Crippen LogP contribution in [0.25, 0.3) is 10.9 Å². The Morgan fingerprint density at radius 1 is 1.35 bits per heavy atom. The van der Waals surface area contributed by atoms with E-state index in [1.807, 2.05) is 30.3 Å². The van der Waals surface area contributed by atoms with E-state index >= 15 is 0 Å². The molecule has 0 saturated carbocycles. The molecule has 4 atom stereocenters. The molecule has 0 spiro atoms. The third kappa shape index (κ3) is 4.88. The normalized spacial score (nSPS) is 21.1. The molecular formula is C27H28ClN5O4. The maximum Gasteiger partial charge on any atom is 0.243 e. The van der Waals surface area contributed by atoms with Crippen molar-refractivity contribution in [3.05, 3.63) is 64.3 Å². The van der Waals surface area contributed by atoms with Crippen molar-refractivity contribution < 1.29 is 19.4 Å². The Balaban J connectivity index is 1.46.